The van der Waals surface area contributed by atoms with Crippen LogP contribution in [0.25, 0.3) is 0 Å². The molecule has 0 spiro atoms. The summed E-state index contributed by atoms with van der Waals surface area (Å²) in [6.07, 6.45) is 4.05. The van der Waals surface area contributed by atoms with Crippen molar-refractivity contribution in [2.24, 2.45) is 5.92 Å². The lowest BCUT2D eigenvalue weighted by Gasteiger charge is -2.36. The van der Waals surface area contributed by atoms with Crippen molar-refractivity contribution < 1.29 is 14.3 Å². The minimum Gasteiger partial charge on any atom is -0.391 e. The normalized spacial score (nSPS) is 32.7. The van der Waals surface area contributed by atoms with E-state index in [1.54, 1.807) is 12.1 Å². The minimum atomic E-state index is -0.400. The lowest BCUT2D eigenvalue weighted by atomic mass is 9.69. The number of aliphatic hydroxyl groups excluding tert-OH is 1. The largest absolute Gasteiger partial charge is 0.391 e. The molecule has 0 radical (unpaired) electrons. The van der Waals surface area contributed by atoms with Gasteiger partial charge in [0.05, 0.1) is 12.1 Å². The highest BCUT2D eigenvalue weighted by molar-refractivity contribution is 5.81. The average Bonchev–Trinajstić information content (AvgIpc) is 2.76. The highest BCUT2D eigenvalue weighted by Gasteiger charge is 2.39. The van der Waals surface area contributed by atoms with E-state index in [1.807, 2.05) is 0 Å². The molecule has 2 fully saturated rings. The Labute approximate surface area is 118 Å². The van der Waals surface area contributed by atoms with E-state index in [2.05, 4.69) is 5.32 Å². The summed E-state index contributed by atoms with van der Waals surface area (Å²) in [7, 11) is 0. The molecule has 4 atom stereocenters. The van der Waals surface area contributed by atoms with E-state index in [0.29, 0.717) is 0 Å². The second-order valence-electron chi connectivity index (χ2n) is 5.96. The van der Waals surface area contributed by atoms with Gasteiger partial charge in [0.15, 0.2) is 0 Å². The van der Waals surface area contributed by atoms with Crippen LogP contribution in [0.5, 0.6) is 0 Å². The third-order valence-corrected chi connectivity index (χ3v) is 4.72. The van der Waals surface area contributed by atoms with E-state index in [4.69, 9.17) is 0 Å². The Balaban J connectivity index is 1.62. The van der Waals surface area contributed by atoms with Crippen LogP contribution in [-0.4, -0.2) is 23.2 Å². The molecule has 0 heterocycles. The smallest absolute Gasteiger partial charge is 0.224 e. The van der Waals surface area contributed by atoms with E-state index in [1.165, 1.54) is 12.1 Å². The molecule has 20 heavy (non-hydrogen) atoms. The van der Waals surface area contributed by atoms with Crippen molar-refractivity contribution in [3.63, 3.8) is 0 Å². The maximum atomic E-state index is 12.9. The van der Waals surface area contributed by atoms with Crippen LogP contribution < -0.4 is 5.32 Å². The predicted molar refractivity (Wildman–Crippen MR) is 73.7 cm³/mol. The Bertz CT molecular complexity index is 488. The molecule has 0 saturated heterocycles. The first-order valence-corrected chi connectivity index (χ1v) is 7.39. The Morgan fingerprint density at radius 2 is 1.90 bits per heavy atom. The number of amides is 1. The summed E-state index contributed by atoms with van der Waals surface area (Å²) < 4.78 is 12.9. The molecule has 0 aromatic heterocycles. The second-order valence-corrected chi connectivity index (χ2v) is 5.96. The molecular weight excluding hydrogens is 257 g/mol. The third-order valence-electron chi connectivity index (χ3n) is 4.72. The van der Waals surface area contributed by atoms with Crippen molar-refractivity contribution in [3.8, 4) is 0 Å². The van der Waals surface area contributed by atoms with Crippen molar-refractivity contribution in [1.29, 1.82) is 0 Å². The molecule has 4 heteroatoms. The topological polar surface area (TPSA) is 49.3 Å². The molecule has 1 amide bonds. The van der Waals surface area contributed by atoms with Gasteiger partial charge in [0, 0.05) is 5.92 Å². The molecule has 2 aliphatic rings. The number of halogens is 1. The number of benzene rings is 1. The SMILES string of the molecule is O=C(N[C@@H]1CCC[C@H]1O)C1CCC1c1ccc(F)cc1. The fourth-order valence-corrected chi connectivity index (χ4v) is 3.32. The van der Waals surface area contributed by atoms with Gasteiger partial charge in [-0.3, -0.25) is 4.79 Å². The number of carbonyl (C=O) groups excluding carboxylic acids is 1. The molecule has 2 unspecified atom stereocenters. The average molecular weight is 277 g/mol. The van der Waals surface area contributed by atoms with Gasteiger partial charge in [-0.05, 0) is 55.7 Å². The summed E-state index contributed by atoms with van der Waals surface area (Å²) in [6.45, 7) is 0. The van der Waals surface area contributed by atoms with Crippen molar-refractivity contribution in [3.05, 3.63) is 35.6 Å². The van der Waals surface area contributed by atoms with Crippen molar-refractivity contribution in [2.75, 3.05) is 0 Å². The molecule has 2 N–H and O–H groups in total. The minimum absolute atomic E-state index is 0.0340. The molecule has 1 aromatic rings. The zero-order valence-electron chi connectivity index (χ0n) is 11.4. The number of hydrogen-bond acceptors (Lipinski definition) is 2. The lowest BCUT2D eigenvalue weighted by molar-refractivity contribution is -0.129. The van der Waals surface area contributed by atoms with Crippen LogP contribution in [0, 0.1) is 11.7 Å². The van der Waals surface area contributed by atoms with E-state index in [-0.39, 0.29) is 29.6 Å². The van der Waals surface area contributed by atoms with Crippen LogP contribution in [0.4, 0.5) is 4.39 Å². The van der Waals surface area contributed by atoms with E-state index in [9.17, 15) is 14.3 Å². The van der Waals surface area contributed by atoms with Gasteiger partial charge < -0.3 is 10.4 Å². The summed E-state index contributed by atoms with van der Waals surface area (Å²) in [4.78, 5) is 12.3. The van der Waals surface area contributed by atoms with Gasteiger partial charge in [0.25, 0.3) is 0 Å². The summed E-state index contributed by atoms with van der Waals surface area (Å²) in [5.74, 6) is -0.0536. The van der Waals surface area contributed by atoms with Gasteiger partial charge in [-0.1, -0.05) is 12.1 Å². The fraction of sp³-hybridized carbons (Fsp3) is 0.562. The van der Waals surface area contributed by atoms with E-state index < -0.39 is 6.10 Å². The lowest BCUT2D eigenvalue weighted by Crippen LogP contribution is -2.46. The maximum Gasteiger partial charge on any atom is 0.224 e. The molecule has 2 aliphatic carbocycles. The molecular formula is C16H20FNO2. The molecule has 0 aliphatic heterocycles. The Hall–Kier alpha value is -1.42. The zero-order valence-corrected chi connectivity index (χ0v) is 11.4. The predicted octanol–water partition coefficient (Wildman–Crippen LogP) is 2.35. The number of aliphatic hydroxyl groups is 1. The second kappa shape index (κ2) is 5.52. The zero-order chi connectivity index (χ0) is 14.1. The van der Waals surface area contributed by atoms with Crippen LogP contribution in [0.2, 0.25) is 0 Å². The summed E-state index contributed by atoms with van der Waals surface area (Å²) >= 11 is 0. The first-order valence-electron chi connectivity index (χ1n) is 7.39. The van der Waals surface area contributed by atoms with Gasteiger partial charge >= 0.3 is 0 Å². The van der Waals surface area contributed by atoms with E-state index >= 15 is 0 Å². The molecule has 2 saturated carbocycles. The van der Waals surface area contributed by atoms with Crippen LogP contribution in [0.1, 0.15) is 43.6 Å². The Kier molecular flexibility index (Phi) is 3.74. The van der Waals surface area contributed by atoms with Gasteiger partial charge in [-0.15, -0.1) is 0 Å². The molecule has 3 rings (SSSR count). The molecule has 1 aromatic carbocycles. The number of hydrogen-bond donors (Lipinski definition) is 2. The van der Waals surface area contributed by atoms with Crippen LogP contribution in [-0.2, 0) is 4.79 Å². The highest BCUT2D eigenvalue weighted by Crippen LogP contribution is 2.42. The van der Waals surface area contributed by atoms with Gasteiger partial charge in [0.1, 0.15) is 5.82 Å². The standard InChI is InChI=1S/C16H20FNO2/c17-11-6-4-10(5-7-11)12-8-9-13(12)16(20)18-14-2-1-3-15(14)19/h4-7,12-15,19H,1-3,8-9H2,(H,18,20)/t12?,13?,14-,15-/m1/s1. The van der Waals surface area contributed by atoms with Gasteiger partial charge in [-0.2, -0.15) is 0 Å². The van der Waals surface area contributed by atoms with Crippen molar-refractivity contribution in [2.45, 2.75) is 50.2 Å². The molecule has 0 bridgehead atoms. The monoisotopic (exact) mass is 277 g/mol. The summed E-state index contributed by atoms with van der Waals surface area (Å²) in [6, 6.07) is 6.34. The van der Waals surface area contributed by atoms with Gasteiger partial charge in [-0.25, -0.2) is 4.39 Å². The maximum absolute atomic E-state index is 12.9. The number of rotatable bonds is 3. The van der Waals surface area contributed by atoms with E-state index in [0.717, 1.165) is 37.7 Å². The molecule has 108 valence electrons. The van der Waals surface area contributed by atoms with Crippen LogP contribution >= 0.6 is 0 Å². The Morgan fingerprint density at radius 3 is 2.45 bits per heavy atom. The Morgan fingerprint density at radius 1 is 1.15 bits per heavy atom. The first-order chi connectivity index (χ1) is 9.65. The third kappa shape index (κ3) is 2.57. The summed E-state index contributed by atoms with van der Waals surface area (Å²) in [5, 5.41) is 12.7. The quantitative estimate of drug-likeness (QED) is 0.891. The van der Waals surface area contributed by atoms with Crippen molar-refractivity contribution >= 4 is 5.91 Å². The van der Waals surface area contributed by atoms with Gasteiger partial charge in [0.2, 0.25) is 5.91 Å². The van der Waals surface area contributed by atoms with Crippen LogP contribution in [0.15, 0.2) is 24.3 Å². The summed E-state index contributed by atoms with van der Waals surface area (Å²) in [5.41, 5.74) is 1.03. The molecule has 3 nitrogen and oxygen atoms in total. The first kappa shape index (κ1) is 13.6. The van der Waals surface area contributed by atoms with Crippen molar-refractivity contribution in [1.82, 2.24) is 5.32 Å². The fourth-order valence-electron chi connectivity index (χ4n) is 3.32. The number of nitrogens with one attached hydrogen (secondary N) is 1. The number of carbonyl (C=O) groups is 1. The highest BCUT2D eigenvalue weighted by atomic mass is 19.1. The van der Waals surface area contributed by atoms with Crippen LogP contribution in [0.3, 0.4) is 0 Å².